The molecule has 1 heterocycles. The number of aromatic nitrogens is 3. The molecule has 0 radical (unpaired) electrons. The molecule has 2 aromatic carbocycles. The number of thioether (sulfide) groups is 1. The third-order valence-corrected chi connectivity index (χ3v) is 4.65. The van der Waals surface area contributed by atoms with Crippen molar-refractivity contribution in [2.24, 2.45) is 0 Å². The quantitative estimate of drug-likeness (QED) is 0.542. The number of amides is 1. The Bertz CT molecular complexity index is 980. The Morgan fingerprint density at radius 2 is 1.97 bits per heavy atom. The van der Waals surface area contributed by atoms with Crippen molar-refractivity contribution in [1.29, 1.82) is 0 Å². The molecule has 1 N–H and O–H groups in total. The molecule has 0 unspecified atom stereocenters. The molecule has 0 saturated carbocycles. The summed E-state index contributed by atoms with van der Waals surface area (Å²) in [4.78, 5) is 12.2. The van der Waals surface area contributed by atoms with Crippen molar-refractivity contribution in [3.63, 3.8) is 0 Å². The maximum Gasteiger partial charge on any atom is 0.422 e. The molecule has 0 atom stereocenters. The van der Waals surface area contributed by atoms with E-state index in [-0.39, 0.29) is 17.4 Å². The topological polar surface area (TPSA) is 69.0 Å². The van der Waals surface area contributed by atoms with Crippen LogP contribution in [-0.4, -0.2) is 39.2 Å². The molecule has 0 saturated heterocycles. The highest BCUT2D eigenvalue weighted by Crippen LogP contribution is 2.23. The van der Waals surface area contributed by atoms with E-state index in [2.05, 4.69) is 20.3 Å². The maximum atomic E-state index is 12.2. The van der Waals surface area contributed by atoms with Gasteiger partial charge in [0.05, 0.1) is 11.4 Å². The van der Waals surface area contributed by atoms with E-state index in [0.717, 1.165) is 5.69 Å². The Labute approximate surface area is 173 Å². The molecule has 152 valence electrons. The van der Waals surface area contributed by atoms with Gasteiger partial charge in [-0.3, -0.25) is 9.36 Å². The van der Waals surface area contributed by atoms with Gasteiger partial charge in [-0.25, -0.2) is 0 Å². The molecule has 3 aromatic rings. The van der Waals surface area contributed by atoms with Gasteiger partial charge in [-0.1, -0.05) is 29.4 Å². The van der Waals surface area contributed by atoms with Crippen LogP contribution in [0, 0.1) is 0 Å². The summed E-state index contributed by atoms with van der Waals surface area (Å²) in [7, 11) is 0. The summed E-state index contributed by atoms with van der Waals surface area (Å²) in [5, 5.41) is 11.6. The molecule has 0 spiro atoms. The molecule has 0 fully saturated rings. The van der Waals surface area contributed by atoms with Crippen LogP contribution in [-0.2, 0) is 4.79 Å². The van der Waals surface area contributed by atoms with Crippen LogP contribution in [0.15, 0.2) is 60.0 Å². The van der Waals surface area contributed by atoms with Crippen LogP contribution in [0.1, 0.15) is 0 Å². The predicted molar refractivity (Wildman–Crippen MR) is 104 cm³/mol. The lowest BCUT2D eigenvalue weighted by atomic mass is 10.3. The summed E-state index contributed by atoms with van der Waals surface area (Å²) in [6.07, 6.45) is -2.89. The van der Waals surface area contributed by atoms with Gasteiger partial charge < -0.3 is 10.1 Å². The van der Waals surface area contributed by atoms with Gasteiger partial charge in [-0.2, -0.15) is 13.2 Å². The number of nitrogens with zero attached hydrogens (tertiary/aromatic N) is 3. The molecule has 29 heavy (non-hydrogen) atoms. The lowest BCUT2D eigenvalue weighted by Gasteiger charge is -2.10. The summed E-state index contributed by atoms with van der Waals surface area (Å²) >= 11 is 7.18. The fourth-order valence-electron chi connectivity index (χ4n) is 2.25. The fraction of sp³-hybridized carbons (Fsp3) is 0.167. The minimum Gasteiger partial charge on any atom is -0.484 e. The Balaban J connectivity index is 1.54. The number of ether oxygens (including phenoxy) is 1. The zero-order valence-electron chi connectivity index (χ0n) is 14.7. The standard InChI is InChI=1S/C18H14ClF3N4O2S/c19-12-2-1-3-14(8-12)26-11-23-25-17(26)29-9-16(27)24-13-4-6-15(7-5-13)28-10-18(20,21)22/h1-8,11H,9-10H2,(H,24,27). The number of anilines is 1. The summed E-state index contributed by atoms with van der Waals surface area (Å²) in [5.74, 6) is -0.185. The number of hydrogen-bond acceptors (Lipinski definition) is 5. The SMILES string of the molecule is O=C(CSc1nncn1-c1cccc(Cl)c1)Nc1ccc(OCC(F)(F)F)cc1. The Kier molecular flexibility index (Phi) is 6.65. The van der Waals surface area contributed by atoms with Crippen LogP contribution < -0.4 is 10.1 Å². The van der Waals surface area contributed by atoms with Gasteiger partial charge in [-0.15, -0.1) is 10.2 Å². The number of nitrogens with one attached hydrogen (secondary N) is 1. The van der Waals surface area contributed by atoms with Gasteiger partial charge in [0.1, 0.15) is 12.1 Å². The minimum absolute atomic E-state index is 0.0596. The molecule has 0 aliphatic heterocycles. The number of carbonyl (C=O) groups excluding carboxylic acids is 1. The third-order valence-electron chi connectivity index (χ3n) is 3.48. The van der Waals surface area contributed by atoms with E-state index in [9.17, 15) is 18.0 Å². The molecule has 0 bridgehead atoms. The zero-order valence-corrected chi connectivity index (χ0v) is 16.3. The summed E-state index contributed by atoms with van der Waals surface area (Å²) in [5.41, 5.74) is 1.20. The van der Waals surface area contributed by atoms with Crippen molar-refractivity contribution in [2.75, 3.05) is 17.7 Å². The van der Waals surface area contributed by atoms with E-state index in [1.54, 1.807) is 22.8 Å². The highest BCUT2D eigenvalue weighted by molar-refractivity contribution is 7.99. The lowest BCUT2D eigenvalue weighted by Crippen LogP contribution is -2.19. The van der Waals surface area contributed by atoms with E-state index < -0.39 is 12.8 Å². The molecule has 1 aromatic heterocycles. The number of benzene rings is 2. The second kappa shape index (κ2) is 9.19. The first kappa shape index (κ1) is 21.0. The van der Waals surface area contributed by atoms with Gasteiger partial charge in [0.25, 0.3) is 0 Å². The molecule has 11 heteroatoms. The number of hydrogen-bond donors (Lipinski definition) is 1. The Morgan fingerprint density at radius 3 is 2.66 bits per heavy atom. The van der Waals surface area contributed by atoms with E-state index in [4.69, 9.17) is 11.6 Å². The molecule has 0 aliphatic rings. The monoisotopic (exact) mass is 442 g/mol. The first-order chi connectivity index (χ1) is 13.8. The first-order valence-corrected chi connectivity index (χ1v) is 9.55. The summed E-state index contributed by atoms with van der Waals surface area (Å²) in [6, 6.07) is 12.7. The maximum absolute atomic E-state index is 12.2. The van der Waals surface area contributed by atoms with Gasteiger partial charge in [0.2, 0.25) is 5.91 Å². The van der Waals surface area contributed by atoms with Gasteiger partial charge in [0.15, 0.2) is 11.8 Å². The van der Waals surface area contributed by atoms with Crippen LogP contribution in [0.3, 0.4) is 0 Å². The van der Waals surface area contributed by atoms with Crippen LogP contribution >= 0.6 is 23.4 Å². The normalized spacial score (nSPS) is 11.3. The van der Waals surface area contributed by atoms with Gasteiger partial charge in [0, 0.05) is 10.7 Å². The van der Waals surface area contributed by atoms with Gasteiger partial charge >= 0.3 is 6.18 Å². The van der Waals surface area contributed by atoms with Crippen molar-refractivity contribution in [1.82, 2.24) is 14.8 Å². The van der Waals surface area contributed by atoms with Crippen LogP contribution in [0.5, 0.6) is 5.75 Å². The molecular formula is C18H14ClF3N4O2S. The van der Waals surface area contributed by atoms with E-state index in [1.165, 1.54) is 42.4 Å². The minimum atomic E-state index is -4.41. The third kappa shape index (κ3) is 6.40. The number of rotatable bonds is 7. The van der Waals surface area contributed by atoms with Crippen molar-refractivity contribution in [2.45, 2.75) is 11.3 Å². The highest BCUT2D eigenvalue weighted by Gasteiger charge is 2.28. The Hall–Kier alpha value is -2.72. The average Bonchev–Trinajstić information content (AvgIpc) is 3.14. The summed E-state index contributed by atoms with van der Waals surface area (Å²) < 4.78 is 42.8. The van der Waals surface area contributed by atoms with Gasteiger partial charge in [-0.05, 0) is 42.5 Å². The van der Waals surface area contributed by atoms with Crippen molar-refractivity contribution < 1.29 is 22.7 Å². The summed E-state index contributed by atoms with van der Waals surface area (Å²) in [6.45, 7) is -1.37. The van der Waals surface area contributed by atoms with Crippen LogP contribution in [0.4, 0.5) is 18.9 Å². The second-order valence-corrected chi connectivity index (χ2v) is 7.11. The average molecular weight is 443 g/mol. The first-order valence-electron chi connectivity index (χ1n) is 8.18. The number of alkyl halides is 3. The smallest absolute Gasteiger partial charge is 0.422 e. The second-order valence-electron chi connectivity index (χ2n) is 5.73. The molecule has 0 aliphatic carbocycles. The van der Waals surface area contributed by atoms with Crippen molar-refractivity contribution in [3.05, 3.63) is 59.9 Å². The largest absolute Gasteiger partial charge is 0.484 e. The Morgan fingerprint density at radius 1 is 1.21 bits per heavy atom. The van der Waals surface area contributed by atoms with E-state index >= 15 is 0 Å². The molecule has 1 amide bonds. The number of halogens is 4. The molecule has 6 nitrogen and oxygen atoms in total. The van der Waals surface area contributed by atoms with E-state index in [0.29, 0.717) is 15.9 Å². The lowest BCUT2D eigenvalue weighted by molar-refractivity contribution is -0.153. The molecular weight excluding hydrogens is 429 g/mol. The van der Waals surface area contributed by atoms with Crippen molar-refractivity contribution >= 4 is 35.0 Å². The fourth-order valence-corrected chi connectivity index (χ4v) is 3.17. The zero-order chi connectivity index (χ0) is 20.9. The number of carbonyl (C=O) groups is 1. The van der Waals surface area contributed by atoms with Crippen LogP contribution in [0.25, 0.3) is 5.69 Å². The van der Waals surface area contributed by atoms with Crippen molar-refractivity contribution in [3.8, 4) is 11.4 Å². The van der Waals surface area contributed by atoms with E-state index in [1.807, 2.05) is 6.07 Å². The predicted octanol–water partition coefficient (Wildman–Crippen LogP) is 4.59. The molecule has 3 rings (SSSR count). The highest BCUT2D eigenvalue weighted by atomic mass is 35.5. The van der Waals surface area contributed by atoms with Crippen LogP contribution in [0.2, 0.25) is 5.02 Å².